The Morgan fingerprint density at radius 3 is 3.09 bits per heavy atom. The van der Waals surface area contributed by atoms with Crippen LogP contribution in [-0.4, -0.2) is 61.4 Å². The van der Waals surface area contributed by atoms with Crippen LogP contribution in [0, 0.1) is 5.41 Å². The zero-order valence-electron chi connectivity index (χ0n) is 13.3. The fourth-order valence-electron chi connectivity index (χ4n) is 3.03. The van der Waals surface area contributed by atoms with Crippen molar-refractivity contribution in [2.45, 2.75) is 25.7 Å². The normalized spacial score (nSPS) is 21.9. The Hall–Kier alpha value is -1.18. The smallest absolute Gasteiger partial charge is 0.273 e. The van der Waals surface area contributed by atoms with Crippen LogP contribution < -0.4 is 5.32 Å². The number of aromatic nitrogens is 1. The molecule has 6 nitrogen and oxygen atoms in total. The zero-order chi connectivity index (χ0) is 16.0. The lowest BCUT2D eigenvalue weighted by atomic mass is 9.77. The Morgan fingerprint density at radius 2 is 2.45 bits per heavy atom. The molecule has 1 amide bonds. The molecule has 124 valence electrons. The molecule has 1 fully saturated rings. The molecule has 1 aromatic rings. The molecule has 1 aliphatic rings. The molecule has 1 atom stereocenters. The van der Waals surface area contributed by atoms with E-state index in [1.165, 1.54) is 11.3 Å². The van der Waals surface area contributed by atoms with Crippen molar-refractivity contribution in [3.63, 3.8) is 0 Å². The molecule has 0 radical (unpaired) electrons. The van der Waals surface area contributed by atoms with E-state index in [1.54, 1.807) is 19.5 Å². The first kappa shape index (κ1) is 17.2. The van der Waals surface area contributed by atoms with Crippen molar-refractivity contribution in [1.29, 1.82) is 0 Å². The molecule has 0 spiro atoms. The van der Waals surface area contributed by atoms with Crippen LogP contribution in [-0.2, 0) is 4.74 Å². The maximum absolute atomic E-state index is 12.6. The number of carbonyl (C=O) groups excluding carboxylic acids is 1. The third-order valence-electron chi connectivity index (χ3n) is 4.28. The van der Waals surface area contributed by atoms with E-state index in [9.17, 15) is 9.90 Å². The van der Waals surface area contributed by atoms with E-state index < -0.39 is 0 Å². The molecule has 0 aromatic carbocycles. The molecule has 2 N–H and O–H groups in total. The fourth-order valence-corrected chi connectivity index (χ4v) is 3.68. The van der Waals surface area contributed by atoms with Gasteiger partial charge in [-0.25, -0.2) is 4.98 Å². The summed E-state index contributed by atoms with van der Waals surface area (Å²) in [7, 11) is 3.48. The van der Waals surface area contributed by atoms with Crippen LogP contribution in [0.25, 0.3) is 0 Å². The van der Waals surface area contributed by atoms with Crippen LogP contribution >= 0.6 is 11.3 Å². The van der Waals surface area contributed by atoms with Gasteiger partial charge in [-0.3, -0.25) is 4.79 Å². The Labute approximate surface area is 135 Å². The van der Waals surface area contributed by atoms with Gasteiger partial charge >= 0.3 is 0 Å². The minimum Gasteiger partial charge on any atom is -0.396 e. The van der Waals surface area contributed by atoms with Gasteiger partial charge in [0, 0.05) is 44.6 Å². The van der Waals surface area contributed by atoms with E-state index in [0.29, 0.717) is 18.8 Å². The highest BCUT2D eigenvalue weighted by molar-refractivity contribution is 7.13. The van der Waals surface area contributed by atoms with Crippen LogP contribution in [0.1, 0.15) is 36.2 Å². The number of aliphatic hydroxyl groups excluding tert-OH is 1. The Morgan fingerprint density at radius 1 is 1.64 bits per heavy atom. The number of aliphatic hydroxyl groups is 1. The van der Waals surface area contributed by atoms with Crippen LogP contribution in [0.4, 0.5) is 5.13 Å². The molecule has 1 saturated heterocycles. The standard InChI is InChI=1S/C15H25N3O3S/c1-16-14-17-12(9-22-14)13(20)18-7-3-5-15(10-18,11-19)6-4-8-21-2/h9,19H,3-8,10-11H2,1-2H3,(H,16,17)/t15-/m1/s1. The number of thiazole rings is 1. The molecule has 22 heavy (non-hydrogen) atoms. The number of ether oxygens (including phenoxy) is 1. The summed E-state index contributed by atoms with van der Waals surface area (Å²) < 4.78 is 5.10. The summed E-state index contributed by atoms with van der Waals surface area (Å²) in [4.78, 5) is 18.7. The monoisotopic (exact) mass is 327 g/mol. The predicted molar refractivity (Wildman–Crippen MR) is 87.4 cm³/mol. The lowest BCUT2D eigenvalue weighted by molar-refractivity contribution is 0.0177. The minimum absolute atomic E-state index is 0.0398. The quantitative estimate of drug-likeness (QED) is 0.747. The Balaban J connectivity index is 2.03. The molecule has 7 heteroatoms. The van der Waals surface area contributed by atoms with E-state index in [0.717, 1.165) is 37.4 Å². The van der Waals surface area contributed by atoms with Gasteiger partial charge in [-0.05, 0) is 25.7 Å². The Bertz CT molecular complexity index is 494. The van der Waals surface area contributed by atoms with Gasteiger partial charge in [0.05, 0.1) is 6.61 Å². The number of carbonyl (C=O) groups is 1. The summed E-state index contributed by atoms with van der Waals surface area (Å²) in [6.45, 7) is 2.13. The van der Waals surface area contributed by atoms with Crippen molar-refractivity contribution in [2.24, 2.45) is 5.41 Å². The van der Waals surface area contributed by atoms with E-state index in [-0.39, 0.29) is 17.9 Å². The van der Waals surface area contributed by atoms with Gasteiger partial charge in [0.15, 0.2) is 5.13 Å². The summed E-state index contributed by atoms with van der Waals surface area (Å²) >= 11 is 1.43. The number of likely N-dealkylation sites (tertiary alicyclic amines) is 1. The SMILES string of the molecule is CNc1nc(C(=O)N2CCC[C@@](CO)(CCCOC)C2)cs1. The van der Waals surface area contributed by atoms with Crippen LogP contribution in [0.5, 0.6) is 0 Å². The number of rotatable bonds is 7. The third-order valence-corrected chi connectivity index (χ3v) is 5.14. The maximum Gasteiger partial charge on any atom is 0.273 e. The molecular formula is C15H25N3O3S. The highest BCUT2D eigenvalue weighted by atomic mass is 32.1. The second-order valence-electron chi connectivity index (χ2n) is 5.87. The number of nitrogens with zero attached hydrogens (tertiary/aromatic N) is 2. The van der Waals surface area contributed by atoms with E-state index in [1.807, 2.05) is 4.90 Å². The predicted octanol–water partition coefficient (Wildman–Crippen LogP) is 1.83. The molecule has 0 unspecified atom stereocenters. The average Bonchev–Trinajstić information content (AvgIpc) is 3.03. The van der Waals surface area contributed by atoms with Gasteiger partial charge in [0.1, 0.15) is 5.69 Å². The lowest BCUT2D eigenvalue weighted by Gasteiger charge is -2.41. The number of hydrogen-bond donors (Lipinski definition) is 2. The highest BCUT2D eigenvalue weighted by Gasteiger charge is 2.37. The molecular weight excluding hydrogens is 302 g/mol. The first-order chi connectivity index (χ1) is 10.6. The zero-order valence-corrected chi connectivity index (χ0v) is 14.1. The summed E-state index contributed by atoms with van der Waals surface area (Å²) in [5.41, 5.74) is 0.286. The number of hydrogen-bond acceptors (Lipinski definition) is 6. The van der Waals surface area contributed by atoms with Crippen LogP contribution in [0.3, 0.4) is 0 Å². The number of methoxy groups -OCH3 is 1. The Kier molecular flexibility index (Phi) is 6.16. The second-order valence-corrected chi connectivity index (χ2v) is 6.73. The van der Waals surface area contributed by atoms with E-state index in [2.05, 4.69) is 10.3 Å². The molecule has 2 heterocycles. The molecule has 1 aromatic heterocycles. The first-order valence-electron chi connectivity index (χ1n) is 7.66. The number of piperidine rings is 1. The number of nitrogens with one attached hydrogen (secondary N) is 1. The van der Waals surface area contributed by atoms with Crippen LogP contribution in [0.15, 0.2) is 5.38 Å². The van der Waals surface area contributed by atoms with Gasteiger partial charge in [-0.2, -0.15) is 0 Å². The van der Waals surface area contributed by atoms with Gasteiger partial charge in [0.25, 0.3) is 5.91 Å². The summed E-state index contributed by atoms with van der Waals surface area (Å²) in [6.07, 6.45) is 3.65. The maximum atomic E-state index is 12.6. The molecule has 0 saturated carbocycles. The first-order valence-corrected chi connectivity index (χ1v) is 8.54. The van der Waals surface area contributed by atoms with Crippen molar-refractivity contribution in [3.8, 4) is 0 Å². The lowest BCUT2D eigenvalue weighted by Crippen LogP contribution is -2.48. The minimum atomic E-state index is -0.200. The molecule has 0 aliphatic carbocycles. The van der Waals surface area contributed by atoms with Crippen molar-refractivity contribution in [1.82, 2.24) is 9.88 Å². The van der Waals surface area contributed by atoms with Crippen molar-refractivity contribution < 1.29 is 14.6 Å². The van der Waals surface area contributed by atoms with Gasteiger partial charge in [-0.15, -0.1) is 11.3 Å². The van der Waals surface area contributed by atoms with E-state index >= 15 is 0 Å². The average molecular weight is 327 g/mol. The summed E-state index contributed by atoms with van der Waals surface area (Å²) in [6, 6.07) is 0. The largest absolute Gasteiger partial charge is 0.396 e. The van der Waals surface area contributed by atoms with Crippen molar-refractivity contribution in [2.75, 3.05) is 45.8 Å². The summed E-state index contributed by atoms with van der Waals surface area (Å²) in [5.74, 6) is -0.0398. The van der Waals surface area contributed by atoms with E-state index in [4.69, 9.17) is 4.74 Å². The van der Waals surface area contributed by atoms with Gasteiger partial charge < -0.3 is 20.1 Å². The van der Waals surface area contributed by atoms with Crippen molar-refractivity contribution >= 4 is 22.4 Å². The van der Waals surface area contributed by atoms with Crippen molar-refractivity contribution in [3.05, 3.63) is 11.1 Å². The topological polar surface area (TPSA) is 74.7 Å². The third kappa shape index (κ3) is 3.97. The fraction of sp³-hybridized carbons (Fsp3) is 0.733. The second kappa shape index (κ2) is 7.89. The number of amides is 1. The van der Waals surface area contributed by atoms with Gasteiger partial charge in [-0.1, -0.05) is 0 Å². The molecule has 1 aliphatic heterocycles. The number of anilines is 1. The summed E-state index contributed by atoms with van der Waals surface area (Å²) in [5, 5.41) is 15.3. The van der Waals surface area contributed by atoms with Gasteiger partial charge in [0.2, 0.25) is 0 Å². The molecule has 2 rings (SSSR count). The van der Waals surface area contributed by atoms with Crippen LogP contribution in [0.2, 0.25) is 0 Å². The highest BCUT2D eigenvalue weighted by Crippen LogP contribution is 2.35. The molecule has 0 bridgehead atoms.